The number of thiophene rings is 1. The van der Waals surface area contributed by atoms with Crippen LogP contribution in [0.3, 0.4) is 0 Å². The number of furan rings is 1. The third-order valence-electron chi connectivity index (χ3n) is 2.86. The molecule has 7 heteroatoms. The maximum atomic E-state index is 12.3. The molecule has 0 bridgehead atoms. The lowest BCUT2D eigenvalue weighted by molar-refractivity contribution is 0.479. The molecule has 0 amide bonds. The Labute approximate surface area is 122 Å². The number of nitrogens with one attached hydrogen (secondary N) is 1. The first kappa shape index (κ1) is 15.2. The number of aryl methyl sites for hydroxylation is 1. The Bertz CT molecular complexity index is 660. The van der Waals surface area contributed by atoms with Crippen molar-refractivity contribution in [2.45, 2.75) is 37.8 Å². The lowest BCUT2D eigenvalue weighted by Crippen LogP contribution is -2.34. The highest BCUT2D eigenvalue weighted by atomic mass is 32.2. The van der Waals surface area contributed by atoms with Crippen molar-refractivity contribution in [3.63, 3.8) is 0 Å². The van der Waals surface area contributed by atoms with Gasteiger partial charge >= 0.3 is 0 Å². The van der Waals surface area contributed by atoms with Crippen LogP contribution in [0.25, 0.3) is 0 Å². The van der Waals surface area contributed by atoms with Crippen molar-refractivity contribution in [3.8, 4) is 0 Å². The highest BCUT2D eigenvalue weighted by Crippen LogP contribution is 2.25. The largest absolute Gasteiger partial charge is 0.469 e. The summed E-state index contributed by atoms with van der Waals surface area (Å²) in [7, 11) is -3.52. The van der Waals surface area contributed by atoms with Crippen molar-refractivity contribution in [1.82, 2.24) is 4.72 Å². The Morgan fingerprint density at radius 2 is 2.25 bits per heavy atom. The number of nitrogens with two attached hydrogens (primary N) is 1. The van der Waals surface area contributed by atoms with Gasteiger partial charge in [-0.25, -0.2) is 13.1 Å². The van der Waals surface area contributed by atoms with E-state index in [2.05, 4.69) is 4.72 Å². The van der Waals surface area contributed by atoms with Gasteiger partial charge in [0, 0.05) is 28.8 Å². The van der Waals surface area contributed by atoms with Gasteiger partial charge in [0.05, 0.1) is 11.2 Å². The van der Waals surface area contributed by atoms with Crippen molar-refractivity contribution in [1.29, 1.82) is 0 Å². The van der Waals surface area contributed by atoms with E-state index in [1.807, 2.05) is 13.0 Å². The van der Waals surface area contributed by atoms with Crippen LogP contribution in [0.15, 0.2) is 33.8 Å². The Morgan fingerprint density at radius 3 is 2.80 bits per heavy atom. The molecule has 110 valence electrons. The molecule has 20 heavy (non-hydrogen) atoms. The summed E-state index contributed by atoms with van der Waals surface area (Å²) >= 11 is 1.41. The molecule has 0 spiro atoms. The van der Waals surface area contributed by atoms with E-state index in [-0.39, 0.29) is 6.04 Å². The molecule has 2 aromatic heterocycles. The first-order chi connectivity index (χ1) is 9.42. The van der Waals surface area contributed by atoms with Crippen molar-refractivity contribution in [2.24, 2.45) is 5.73 Å². The quantitative estimate of drug-likeness (QED) is 0.854. The molecule has 0 radical (unpaired) electrons. The fourth-order valence-electron chi connectivity index (χ4n) is 1.99. The topological polar surface area (TPSA) is 85.3 Å². The summed E-state index contributed by atoms with van der Waals surface area (Å²) in [5.41, 5.74) is 5.55. The monoisotopic (exact) mass is 314 g/mol. The van der Waals surface area contributed by atoms with Gasteiger partial charge in [0.25, 0.3) is 0 Å². The van der Waals surface area contributed by atoms with Gasteiger partial charge in [-0.05, 0) is 32.0 Å². The summed E-state index contributed by atoms with van der Waals surface area (Å²) in [6.07, 6.45) is 2.09. The van der Waals surface area contributed by atoms with E-state index in [9.17, 15) is 8.42 Å². The molecular formula is C13H18N2O3S2. The SMILES string of the molecule is Cc1sc(CN)cc1S(=O)(=O)NC(C)Cc1ccco1. The van der Waals surface area contributed by atoms with Gasteiger partial charge in [-0.1, -0.05) is 0 Å². The van der Waals surface area contributed by atoms with E-state index in [1.54, 1.807) is 25.3 Å². The Hall–Kier alpha value is -1.15. The molecule has 1 atom stereocenters. The maximum absolute atomic E-state index is 12.3. The zero-order valence-corrected chi connectivity index (χ0v) is 13.1. The van der Waals surface area contributed by atoms with Crippen molar-refractivity contribution in [2.75, 3.05) is 0 Å². The summed E-state index contributed by atoms with van der Waals surface area (Å²) in [5, 5.41) is 0. The minimum Gasteiger partial charge on any atom is -0.469 e. The van der Waals surface area contributed by atoms with Crippen molar-refractivity contribution in [3.05, 3.63) is 40.0 Å². The summed E-state index contributed by atoms with van der Waals surface area (Å²) in [4.78, 5) is 1.93. The molecule has 1 unspecified atom stereocenters. The van der Waals surface area contributed by atoms with Crippen LogP contribution in [0.1, 0.15) is 22.4 Å². The first-order valence-corrected chi connectivity index (χ1v) is 8.56. The normalized spacial score (nSPS) is 13.6. The van der Waals surface area contributed by atoms with Crippen molar-refractivity contribution < 1.29 is 12.8 Å². The number of hydrogen-bond acceptors (Lipinski definition) is 5. The van der Waals surface area contributed by atoms with Crippen LogP contribution in [-0.2, 0) is 23.0 Å². The van der Waals surface area contributed by atoms with Gasteiger partial charge in [0.1, 0.15) is 5.76 Å². The van der Waals surface area contributed by atoms with Crippen LogP contribution in [0.4, 0.5) is 0 Å². The zero-order chi connectivity index (χ0) is 14.8. The van der Waals surface area contributed by atoms with Gasteiger partial charge in [0.15, 0.2) is 0 Å². The molecule has 0 aliphatic carbocycles. The molecule has 2 rings (SSSR count). The third-order valence-corrected chi connectivity index (χ3v) is 5.78. The predicted octanol–water partition coefficient (Wildman–Crippen LogP) is 2.02. The van der Waals surface area contributed by atoms with Gasteiger partial charge in [-0.2, -0.15) is 0 Å². The molecule has 0 saturated carbocycles. The van der Waals surface area contributed by atoms with Crippen LogP contribution in [0.5, 0.6) is 0 Å². The Balaban J connectivity index is 2.12. The number of rotatable bonds is 6. The smallest absolute Gasteiger partial charge is 0.241 e. The van der Waals surface area contributed by atoms with Crippen LogP contribution < -0.4 is 10.5 Å². The lowest BCUT2D eigenvalue weighted by atomic mass is 10.2. The lowest BCUT2D eigenvalue weighted by Gasteiger charge is -2.12. The predicted molar refractivity (Wildman–Crippen MR) is 79.1 cm³/mol. The molecule has 5 nitrogen and oxygen atoms in total. The molecule has 3 N–H and O–H groups in total. The number of sulfonamides is 1. The van der Waals surface area contributed by atoms with Gasteiger partial charge < -0.3 is 10.2 Å². The minimum absolute atomic E-state index is 0.244. The van der Waals surface area contributed by atoms with E-state index in [4.69, 9.17) is 10.2 Å². The summed E-state index contributed by atoms with van der Waals surface area (Å²) in [6.45, 7) is 3.95. The summed E-state index contributed by atoms with van der Waals surface area (Å²) in [5.74, 6) is 0.755. The summed E-state index contributed by atoms with van der Waals surface area (Å²) in [6, 6.07) is 5.01. The zero-order valence-electron chi connectivity index (χ0n) is 11.4. The Kier molecular flexibility index (Phi) is 4.64. The van der Waals surface area contributed by atoms with Crippen LogP contribution in [0, 0.1) is 6.92 Å². The van der Waals surface area contributed by atoms with E-state index in [0.29, 0.717) is 17.9 Å². The van der Waals surface area contributed by atoms with Crippen LogP contribution in [-0.4, -0.2) is 14.5 Å². The average Bonchev–Trinajstić information content (AvgIpc) is 2.97. The molecule has 2 heterocycles. The van der Waals surface area contributed by atoms with Gasteiger partial charge in [-0.3, -0.25) is 0 Å². The van der Waals surface area contributed by atoms with E-state index >= 15 is 0 Å². The van der Waals surface area contributed by atoms with E-state index < -0.39 is 10.0 Å². The second-order valence-electron chi connectivity index (χ2n) is 4.64. The first-order valence-electron chi connectivity index (χ1n) is 6.26. The molecule has 2 aromatic rings. The van der Waals surface area contributed by atoms with Crippen LogP contribution >= 0.6 is 11.3 Å². The molecule has 0 aliphatic heterocycles. The molecule has 0 aliphatic rings. The Morgan fingerprint density at radius 1 is 1.50 bits per heavy atom. The van der Waals surface area contributed by atoms with Crippen LogP contribution in [0.2, 0.25) is 0 Å². The molecule has 0 aromatic carbocycles. The van der Waals surface area contributed by atoms with E-state index in [1.165, 1.54) is 11.3 Å². The number of hydrogen-bond donors (Lipinski definition) is 2. The fraction of sp³-hybridized carbons (Fsp3) is 0.385. The second kappa shape index (κ2) is 6.09. The molecule has 0 saturated heterocycles. The maximum Gasteiger partial charge on any atom is 0.241 e. The fourth-order valence-corrected chi connectivity index (χ4v) is 4.75. The standard InChI is InChI=1S/C13H18N2O3S2/c1-9(6-11-4-3-5-18-11)15-20(16,17)13-7-12(8-14)19-10(13)2/h3-5,7,9,15H,6,8,14H2,1-2H3. The average molecular weight is 314 g/mol. The van der Waals surface area contributed by atoms with Gasteiger partial charge in [-0.15, -0.1) is 11.3 Å². The minimum atomic E-state index is -3.52. The molecule has 0 fully saturated rings. The highest BCUT2D eigenvalue weighted by Gasteiger charge is 2.22. The molecular weight excluding hydrogens is 296 g/mol. The van der Waals surface area contributed by atoms with E-state index in [0.717, 1.165) is 15.5 Å². The highest BCUT2D eigenvalue weighted by molar-refractivity contribution is 7.89. The second-order valence-corrected chi connectivity index (χ2v) is 7.67. The van der Waals surface area contributed by atoms with Crippen molar-refractivity contribution >= 4 is 21.4 Å². The summed E-state index contributed by atoms with van der Waals surface area (Å²) < 4.78 is 32.6. The third kappa shape index (κ3) is 3.49. The van der Waals surface area contributed by atoms with Gasteiger partial charge in [0.2, 0.25) is 10.0 Å².